The summed E-state index contributed by atoms with van der Waals surface area (Å²) in [4.78, 5) is 83.8. The summed E-state index contributed by atoms with van der Waals surface area (Å²) in [5.74, 6) is -14.0. The van der Waals surface area contributed by atoms with E-state index in [4.69, 9.17) is 22.7 Å². The van der Waals surface area contributed by atoms with E-state index in [0.717, 1.165) is 22.3 Å². The lowest BCUT2D eigenvalue weighted by atomic mass is 9.51. The van der Waals surface area contributed by atoms with Gasteiger partial charge in [0.2, 0.25) is 5.91 Å². The number of benzene rings is 3. The Kier molecular flexibility index (Phi) is 9.36. The maximum atomic E-state index is 14.4. The highest BCUT2D eigenvalue weighted by Crippen LogP contribution is 2.53. The van der Waals surface area contributed by atoms with Crippen LogP contribution in [0, 0.1) is 23.7 Å². The van der Waals surface area contributed by atoms with Gasteiger partial charge in [0.05, 0.1) is 35.2 Å². The molecule has 0 aromatic heterocycles. The number of fused-ring (bicyclic) bond motifs is 6. The van der Waals surface area contributed by atoms with Crippen LogP contribution in [-0.4, -0.2) is 113 Å². The number of ketones is 4. The Balaban J connectivity index is 1.15. The molecular formula is C39H39N5O10S. The largest absolute Gasteiger partial charge is 0.505 e. The van der Waals surface area contributed by atoms with Gasteiger partial charge in [-0.15, -0.1) is 0 Å². The maximum absolute atomic E-state index is 14.4. The van der Waals surface area contributed by atoms with Crippen LogP contribution in [0.2, 0.25) is 0 Å². The van der Waals surface area contributed by atoms with E-state index in [9.17, 15) is 44.1 Å². The fourth-order valence-electron chi connectivity index (χ4n) is 9.04. The number of ether oxygens (including phenoxy) is 1. The Morgan fingerprint density at radius 3 is 2.15 bits per heavy atom. The molecule has 0 heterocycles. The number of carbonyl (C=O) groups excluding carboxylic acids is 6. The number of aliphatic hydroxyl groups excluding tert-OH is 1. The molecule has 3 aromatic carbocycles. The van der Waals surface area contributed by atoms with E-state index >= 15 is 0 Å². The van der Waals surface area contributed by atoms with Crippen molar-refractivity contribution < 1.29 is 48.8 Å². The number of hydrogen-bond acceptors (Lipinski definition) is 13. The van der Waals surface area contributed by atoms with Gasteiger partial charge in [-0.2, -0.15) is 0 Å². The van der Waals surface area contributed by atoms with Crippen LogP contribution in [0.3, 0.4) is 0 Å². The zero-order chi connectivity index (χ0) is 39.8. The summed E-state index contributed by atoms with van der Waals surface area (Å²) in [6.07, 6.45) is -2.83. The van der Waals surface area contributed by atoms with E-state index in [1.54, 1.807) is 19.0 Å². The molecule has 0 spiro atoms. The Labute approximate surface area is 320 Å². The molecule has 15 nitrogen and oxygen atoms in total. The molecule has 2 saturated carbocycles. The second kappa shape index (κ2) is 13.6. The number of primary amides is 1. The number of hydrogen-bond donors (Lipinski definition) is 6. The fraction of sp³-hybridized carbons (Fsp3) is 0.359. The highest BCUT2D eigenvalue weighted by Gasteiger charge is 2.72. The topological polar surface area (TPSA) is 229 Å². The first kappa shape index (κ1) is 37.8. The van der Waals surface area contributed by atoms with Gasteiger partial charge in [-0.25, -0.2) is 4.79 Å². The maximum Gasteiger partial charge on any atom is 0.413 e. The number of thiocarbonyl (C=S) groups is 1. The number of nitrogens with one attached hydrogen (secondary N) is 2. The summed E-state index contributed by atoms with van der Waals surface area (Å²) in [7, 11) is 6.16. The van der Waals surface area contributed by atoms with Gasteiger partial charge in [-0.05, 0) is 66.6 Å². The van der Waals surface area contributed by atoms with Crippen molar-refractivity contribution in [1.29, 1.82) is 0 Å². The van der Waals surface area contributed by atoms with Gasteiger partial charge in [-0.3, -0.25) is 34.2 Å². The van der Waals surface area contributed by atoms with Crippen molar-refractivity contribution >= 4 is 63.8 Å². The number of carbonyl (C=O) groups is 6. The van der Waals surface area contributed by atoms with Gasteiger partial charge in [0.25, 0.3) is 0 Å². The first-order valence-electron chi connectivity index (χ1n) is 17.5. The predicted molar refractivity (Wildman–Crippen MR) is 202 cm³/mol. The average Bonchev–Trinajstić information content (AvgIpc) is 3.44. The second-order valence-corrected chi connectivity index (χ2v) is 15.2. The van der Waals surface area contributed by atoms with Crippen LogP contribution in [0.15, 0.2) is 54.6 Å². The number of phenolic OH excluding ortho intramolecular Hbond substituents is 1. The molecule has 0 saturated heterocycles. The van der Waals surface area contributed by atoms with Crippen LogP contribution < -0.4 is 21.3 Å². The first-order valence-corrected chi connectivity index (χ1v) is 17.9. The Morgan fingerprint density at radius 1 is 0.982 bits per heavy atom. The minimum atomic E-state index is -3.12. The van der Waals surface area contributed by atoms with Crippen molar-refractivity contribution in [1.82, 2.24) is 10.2 Å². The van der Waals surface area contributed by atoms with Crippen LogP contribution in [0.1, 0.15) is 33.0 Å². The normalized spacial score (nSPS) is 26.7. The number of amides is 2. The minimum Gasteiger partial charge on any atom is -0.505 e. The SMILES string of the molecule is CN(C)c1cc(NC(=S)NC(=O)OCC2c3ccccc3-c3ccccc32)c(O)c2c1CC1C(C2=O)C(=O)[C@]2(O)C(=O)C(C(N)=O)C(=O)[C@@H](N(C)C)C2[C@H]1O. The third-order valence-corrected chi connectivity index (χ3v) is 11.6. The van der Waals surface area contributed by atoms with Gasteiger partial charge in [0, 0.05) is 31.6 Å². The highest BCUT2D eigenvalue weighted by molar-refractivity contribution is 7.80. The first-order chi connectivity index (χ1) is 26.0. The van der Waals surface area contributed by atoms with Crippen molar-refractivity contribution in [3.8, 4) is 16.9 Å². The van der Waals surface area contributed by atoms with Crippen molar-refractivity contribution in [3.63, 3.8) is 0 Å². The second-order valence-electron chi connectivity index (χ2n) is 14.8. The standard InChI is InChI=1S/C39H39N5O10S/c1-43(2)24-14-23(41-37(55)42-38(52)54-15-22-18-11-7-5-9-16(18)17-10-6-8-12-19(17)22)31(46)25-20(24)13-21-26(32(25)47)34(49)39(53)28(30(21)45)29(44(3)4)33(48)27(35(39)50)36(40)51/h5-12,14,21-22,26-30,45-46,53H,13,15H2,1-4H3,(H2,40,51)(H2,41,42,52,55)/t21?,26?,27?,28?,29-,30-,39-/m0/s1. The van der Waals surface area contributed by atoms with E-state index in [2.05, 4.69) is 10.6 Å². The minimum absolute atomic E-state index is 0.00757. The number of Topliss-reactive ketones (excluding diaryl/α,β-unsaturated/α-hetero) is 4. The molecule has 7 rings (SSSR count). The quantitative estimate of drug-likeness (QED) is 0.117. The van der Waals surface area contributed by atoms with Crippen LogP contribution >= 0.6 is 12.2 Å². The molecule has 2 amide bonds. The molecule has 16 heteroatoms. The molecule has 2 fully saturated rings. The molecule has 4 aliphatic carbocycles. The van der Waals surface area contributed by atoms with E-state index in [1.165, 1.54) is 25.1 Å². The number of alkyl carbamates (subject to hydrolysis) is 1. The predicted octanol–water partition coefficient (Wildman–Crippen LogP) is 1.14. The van der Waals surface area contributed by atoms with Crippen molar-refractivity contribution in [2.75, 3.05) is 45.0 Å². The Bertz CT molecular complexity index is 2180. The molecule has 55 heavy (non-hydrogen) atoms. The zero-order valence-corrected chi connectivity index (χ0v) is 31.0. The fourth-order valence-corrected chi connectivity index (χ4v) is 9.23. The van der Waals surface area contributed by atoms with Crippen LogP contribution in [-0.2, 0) is 30.3 Å². The molecule has 0 aliphatic heterocycles. The van der Waals surface area contributed by atoms with Gasteiger partial charge < -0.3 is 36.0 Å². The van der Waals surface area contributed by atoms with Crippen molar-refractivity contribution in [2.45, 2.75) is 30.1 Å². The lowest BCUT2D eigenvalue weighted by Gasteiger charge is -2.54. The molecule has 4 aliphatic rings. The summed E-state index contributed by atoms with van der Waals surface area (Å²) in [5.41, 5.74) is 6.55. The molecular weight excluding hydrogens is 731 g/mol. The number of rotatable bonds is 6. The summed E-state index contributed by atoms with van der Waals surface area (Å²) >= 11 is 5.37. The summed E-state index contributed by atoms with van der Waals surface area (Å²) in [6, 6.07) is 15.7. The molecule has 7 atom stereocenters. The van der Waals surface area contributed by atoms with E-state index in [-0.39, 0.29) is 40.9 Å². The summed E-state index contributed by atoms with van der Waals surface area (Å²) in [6.45, 7) is 0.00757. The zero-order valence-electron chi connectivity index (χ0n) is 30.2. The van der Waals surface area contributed by atoms with Crippen LogP contribution in [0.25, 0.3) is 11.1 Å². The summed E-state index contributed by atoms with van der Waals surface area (Å²) in [5, 5.41) is 40.1. The molecule has 4 unspecified atom stereocenters. The smallest absolute Gasteiger partial charge is 0.413 e. The lowest BCUT2D eigenvalue weighted by molar-refractivity contribution is -0.195. The lowest BCUT2D eigenvalue weighted by Crippen LogP contribution is -2.77. The van der Waals surface area contributed by atoms with Crippen molar-refractivity contribution in [3.05, 3.63) is 76.9 Å². The number of phenols is 1. The molecule has 7 N–H and O–H groups in total. The third kappa shape index (κ3) is 5.70. The van der Waals surface area contributed by atoms with Gasteiger partial charge in [-0.1, -0.05) is 48.5 Å². The molecule has 0 radical (unpaired) electrons. The number of nitrogens with zero attached hydrogens (tertiary/aromatic N) is 2. The highest BCUT2D eigenvalue weighted by atomic mass is 32.1. The van der Waals surface area contributed by atoms with Gasteiger partial charge in [0.1, 0.15) is 12.4 Å². The van der Waals surface area contributed by atoms with Crippen LogP contribution in [0.5, 0.6) is 5.75 Å². The molecule has 286 valence electrons. The number of nitrogens with two attached hydrogens (primary N) is 1. The molecule has 0 bridgehead atoms. The van der Waals surface area contributed by atoms with Gasteiger partial charge >= 0.3 is 6.09 Å². The monoisotopic (exact) mass is 769 g/mol. The third-order valence-electron chi connectivity index (χ3n) is 11.4. The van der Waals surface area contributed by atoms with E-state index in [0.29, 0.717) is 5.69 Å². The number of likely N-dealkylation sites (N-methyl/N-ethyl adjacent to an activating group) is 1. The number of aromatic hydroxyl groups is 1. The number of aliphatic hydroxyl groups is 2. The molecule has 3 aromatic rings. The van der Waals surface area contributed by atoms with Crippen molar-refractivity contribution in [2.24, 2.45) is 29.4 Å². The summed E-state index contributed by atoms with van der Waals surface area (Å²) < 4.78 is 5.57. The number of anilines is 2. The average molecular weight is 770 g/mol. The van der Waals surface area contributed by atoms with Crippen LogP contribution in [0.4, 0.5) is 16.2 Å². The van der Waals surface area contributed by atoms with E-state index in [1.807, 2.05) is 48.5 Å². The Hall–Kier alpha value is -5.55. The van der Waals surface area contributed by atoms with Gasteiger partial charge in [0.15, 0.2) is 39.8 Å². The Morgan fingerprint density at radius 2 is 1.58 bits per heavy atom. The van der Waals surface area contributed by atoms with E-state index < -0.39 is 82.3 Å².